The first-order valence-electron chi connectivity index (χ1n) is 3.59. The number of hydrogen-bond donors (Lipinski definition) is 2. The van der Waals surface area contributed by atoms with Crippen molar-refractivity contribution in [1.82, 2.24) is 5.01 Å². The average molecular weight is 186 g/mol. The smallest absolute Gasteiger partial charge is 0.0752 e. The highest BCUT2D eigenvalue weighted by Gasteiger charge is 2.01. The third-order valence-corrected chi connectivity index (χ3v) is 1.73. The van der Waals surface area contributed by atoms with Gasteiger partial charge in [0.2, 0.25) is 0 Å². The lowest BCUT2D eigenvalue weighted by Gasteiger charge is -2.15. The lowest BCUT2D eigenvalue weighted by molar-refractivity contribution is 0.496. The minimum Gasteiger partial charge on any atom is -0.396 e. The molecule has 3 nitrogen and oxygen atoms in total. The van der Waals surface area contributed by atoms with Crippen molar-refractivity contribution in [2.45, 2.75) is 0 Å². The molecule has 0 aromatic heterocycles. The van der Waals surface area contributed by atoms with Crippen molar-refractivity contribution >= 4 is 23.0 Å². The van der Waals surface area contributed by atoms with Crippen LogP contribution in [0.25, 0.3) is 0 Å². The van der Waals surface area contributed by atoms with Gasteiger partial charge in [-0.2, -0.15) is 0 Å². The molecule has 0 bridgehead atoms. The molecule has 3 N–H and O–H groups in total. The lowest BCUT2D eigenvalue weighted by atomic mass is 10.3. The number of para-hydroxylation sites is 1. The summed E-state index contributed by atoms with van der Waals surface area (Å²) in [6.45, 7) is 0. The minimum atomic E-state index is 0.571. The largest absolute Gasteiger partial charge is 0.396 e. The first kappa shape index (κ1) is 9.16. The Morgan fingerprint density at radius 1 is 1.42 bits per heavy atom. The molecule has 0 unspecified atom stereocenters. The predicted octanol–water partition coefficient (Wildman–Crippen LogP) is 1.81. The van der Waals surface area contributed by atoms with E-state index in [-0.39, 0.29) is 0 Å². The molecule has 0 saturated carbocycles. The van der Waals surface area contributed by atoms with Gasteiger partial charge in [-0.25, -0.2) is 5.01 Å². The molecule has 1 aromatic carbocycles. The van der Waals surface area contributed by atoms with E-state index in [1.165, 1.54) is 0 Å². The quantitative estimate of drug-likeness (QED) is 0.546. The molecule has 0 saturated heterocycles. The Bertz CT molecular complexity index is 273. The summed E-state index contributed by atoms with van der Waals surface area (Å²) in [6, 6.07) is 5.49. The van der Waals surface area contributed by atoms with E-state index in [1.807, 2.05) is 31.2 Å². The maximum atomic E-state index is 5.81. The van der Waals surface area contributed by atoms with Gasteiger partial charge in [0.15, 0.2) is 0 Å². The third kappa shape index (κ3) is 2.03. The average Bonchev–Trinajstić information content (AvgIpc) is 1.98. The number of nitrogens with two attached hydrogens (primary N) is 1. The summed E-state index contributed by atoms with van der Waals surface area (Å²) in [5.74, 6) is 0. The van der Waals surface area contributed by atoms with Crippen LogP contribution in [0.4, 0.5) is 11.4 Å². The number of nitrogens with one attached hydrogen (secondary N) is 1. The van der Waals surface area contributed by atoms with Gasteiger partial charge in [0.25, 0.3) is 0 Å². The van der Waals surface area contributed by atoms with Crippen molar-refractivity contribution in [3.05, 3.63) is 23.2 Å². The number of hydrogen-bond acceptors (Lipinski definition) is 3. The molecule has 0 fully saturated rings. The van der Waals surface area contributed by atoms with E-state index in [9.17, 15) is 0 Å². The van der Waals surface area contributed by atoms with E-state index < -0.39 is 0 Å². The number of rotatable bonds is 2. The van der Waals surface area contributed by atoms with Crippen molar-refractivity contribution in [2.75, 3.05) is 25.3 Å². The Hall–Kier alpha value is -0.930. The molecule has 0 aliphatic carbocycles. The Kier molecular flexibility index (Phi) is 2.78. The molecule has 0 aliphatic rings. The van der Waals surface area contributed by atoms with Crippen molar-refractivity contribution < 1.29 is 0 Å². The van der Waals surface area contributed by atoms with Crippen LogP contribution in [0, 0.1) is 0 Å². The number of anilines is 2. The number of nitrogens with zero attached hydrogens (tertiary/aromatic N) is 1. The summed E-state index contributed by atoms with van der Waals surface area (Å²) in [7, 11) is 3.78. The predicted molar refractivity (Wildman–Crippen MR) is 53.2 cm³/mol. The van der Waals surface area contributed by atoms with E-state index in [0.717, 1.165) is 5.69 Å². The summed E-state index contributed by atoms with van der Waals surface area (Å²) in [5, 5.41) is 2.38. The number of hydrazine groups is 1. The van der Waals surface area contributed by atoms with Crippen LogP contribution >= 0.6 is 11.6 Å². The monoisotopic (exact) mass is 185 g/mol. The van der Waals surface area contributed by atoms with Gasteiger partial charge in [-0.1, -0.05) is 17.7 Å². The maximum Gasteiger partial charge on any atom is 0.0752 e. The Labute approximate surface area is 77.1 Å². The molecule has 12 heavy (non-hydrogen) atoms. The summed E-state index contributed by atoms with van der Waals surface area (Å²) in [5.41, 5.74) is 10.2. The maximum absolute atomic E-state index is 5.81. The molecule has 0 atom stereocenters. The molecular weight excluding hydrogens is 174 g/mol. The van der Waals surface area contributed by atoms with Crippen LogP contribution in [-0.4, -0.2) is 19.1 Å². The van der Waals surface area contributed by atoms with Crippen LogP contribution in [0.1, 0.15) is 0 Å². The van der Waals surface area contributed by atoms with Crippen molar-refractivity contribution in [2.24, 2.45) is 0 Å². The molecule has 0 heterocycles. The van der Waals surface area contributed by atoms with Crippen molar-refractivity contribution in [1.29, 1.82) is 0 Å². The fourth-order valence-electron chi connectivity index (χ4n) is 0.875. The first-order valence-corrected chi connectivity index (χ1v) is 3.97. The van der Waals surface area contributed by atoms with Crippen LogP contribution in [0.2, 0.25) is 5.02 Å². The standard InChI is InChI=1S/C8H12ClN3/c1-12(2)11-7-5-3-4-6(9)8(7)10/h3-5,11H,10H2,1-2H3. The fourth-order valence-corrected chi connectivity index (χ4v) is 1.05. The van der Waals surface area contributed by atoms with Gasteiger partial charge in [-0.05, 0) is 12.1 Å². The minimum absolute atomic E-state index is 0.571. The summed E-state index contributed by atoms with van der Waals surface area (Å²) in [4.78, 5) is 0. The van der Waals surface area contributed by atoms with Crippen molar-refractivity contribution in [3.8, 4) is 0 Å². The van der Waals surface area contributed by atoms with E-state index in [4.69, 9.17) is 17.3 Å². The highest BCUT2D eigenvalue weighted by Crippen LogP contribution is 2.26. The van der Waals surface area contributed by atoms with Gasteiger partial charge in [-0.3, -0.25) is 0 Å². The third-order valence-electron chi connectivity index (χ3n) is 1.40. The molecular formula is C8H12ClN3. The Morgan fingerprint density at radius 3 is 2.67 bits per heavy atom. The normalized spacial score (nSPS) is 10.3. The molecule has 1 aromatic rings. The summed E-state index contributed by atoms with van der Waals surface area (Å²) < 4.78 is 0. The molecule has 0 radical (unpaired) electrons. The second-order valence-electron chi connectivity index (χ2n) is 2.71. The van der Waals surface area contributed by atoms with E-state index in [0.29, 0.717) is 10.7 Å². The van der Waals surface area contributed by atoms with Crippen LogP contribution in [0.3, 0.4) is 0 Å². The van der Waals surface area contributed by atoms with E-state index in [1.54, 1.807) is 6.07 Å². The van der Waals surface area contributed by atoms with Crippen LogP contribution in [0.5, 0.6) is 0 Å². The molecule has 4 heteroatoms. The second kappa shape index (κ2) is 3.65. The first-order chi connectivity index (χ1) is 5.61. The van der Waals surface area contributed by atoms with Crippen LogP contribution < -0.4 is 11.2 Å². The molecule has 0 aliphatic heterocycles. The zero-order valence-corrected chi connectivity index (χ0v) is 7.89. The van der Waals surface area contributed by atoms with Gasteiger partial charge >= 0.3 is 0 Å². The molecule has 66 valence electrons. The lowest BCUT2D eigenvalue weighted by Crippen LogP contribution is -2.20. The van der Waals surface area contributed by atoms with Crippen molar-refractivity contribution in [3.63, 3.8) is 0 Å². The SMILES string of the molecule is CN(C)Nc1cccc(Cl)c1N. The summed E-state index contributed by atoms with van der Waals surface area (Å²) in [6.07, 6.45) is 0. The molecule has 0 amide bonds. The Balaban J connectivity index is 2.92. The fraction of sp³-hybridized carbons (Fsp3) is 0.250. The van der Waals surface area contributed by atoms with Gasteiger partial charge in [0, 0.05) is 14.1 Å². The Morgan fingerprint density at radius 2 is 2.08 bits per heavy atom. The van der Waals surface area contributed by atoms with Crippen LogP contribution in [0.15, 0.2) is 18.2 Å². The van der Waals surface area contributed by atoms with Gasteiger partial charge in [0.1, 0.15) is 0 Å². The number of nitrogen functional groups attached to an aromatic ring is 1. The van der Waals surface area contributed by atoms with Gasteiger partial charge in [0.05, 0.1) is 16.4 Å². The van der Waals surface area contributed by atoms with E-state index >= 15 is 0 Å². The topological polar surface area (TPSA) is 41.3 Å². The second-order valence-corrected chi connectivity index (χ2v) is 3.11. The van der Waals surface area contributed by atoms with Crippen LogP contribution in [-0.2, 0) is 0 Å². The molecule has 0 spiro atoms. The van der Waals surface area contributed by atoms with Gasteiger partial charge < -0.3 is 11.2 Å². The highest BCUT2D eigenvalue weighted by atomic mass is 35.5. The summed E-state index contributed by atoms with van der Waals surface area (Å²) >= 11 is 5.81. The zero-order valence-electron chi connectivity index (χ0n) is 7.13. The zero-order chi connectivity index (χ0) is 9.14. The van der Waals surface area contributed by atoms with E-state index in [2.05, 4.69) is 5.43 Å². The number of halogens is 1. The number of benzene rings is 1. The molecule has 1 rings (SSSR count). The highest BCUT2D eigenvalue weighted by molar-refractivity contribution is 6.33. The van der Waals surface area contributed by atoms with Gasteiger partial charge in [-0.15, -0.1) is 0 Å².